The van der Waals surface area contributed by atoms with E-state index in [4.69, 9.17) is 0 Å². The highest BCUT2D eigenvalue weighted by Gasteiger charge is 2.16. The average Bonchev–Trinajstić information content (AvgIpc) is 2.56. The molecule has 5 heteroatoms. The third-order valence-corrected chi connectivity index (χ3v) is 4.39. The fraction of sp³-hybridized carbons (Fsp3) is 0.611. The van der Waals surface area contributed by atoms with Crippen molar-refractivity contribution < 1.29 is 4.79 Å². The van der Waals surface area contributed by atoms with E-state index >= 15 is 0 Å². The fourth-order valence-corrected chi connectivity index (χ4v) is 2.79. The predicted octanol–water partition coefficient (Wildman–Crippen LogP) is 3.14. The summed E-state index contributed by atoms with van der Waals surface area (Å²) in [5, 5.41) is 5.79. The highest BCUT2D eigenvalue weighted by Crippen LogP contribution is 2.19. The van der Waals surface area contributed by atoms with Gasteiger partial charge in [-0.2, -0.15) is 0 Å². The molecule has 1 heterocycles. The molecule has 1 aromatic carbocycles. The first kappa shape index (κ1) is 17.6. The van der Waals surface area contributed by atoms with Gasteiger partial charge in [0.05, 0.1) is 0 Å². The molecule has 1 unspecified atom stereocenters. The molecule has 23 heavy (non-hydrogen) atoms. The van der Waals surface area contributed by atoms with Crippen LogP contribution in [0.5, 0.6) is 0 Å². The van der Waals surface area contributed by atoms with E-state index in [1.165, 1.54) is 18.7 Å². The van der Waals surface area contributed by atoms with Crippen LogP contribution in [-0.2, 0) is 0 Å². The van der Waals surface area contributed by atoms with Gasteiger partial charge in [0.1, 0.15) is 0 Å². The number of benzene rings is 1. The van der Waals surface area contributed by atoms with Crippen molar-refractivity contribution in [2.75, 3.05) is 42.9 Å². The van der Waals surface area contributed by atoms with Gasteiger partial charge in [-0.15, -0.1) is 0 Å². The quantitative estimate of drug-likeness (QED) is 0.847. The summed E-state index contributed by atoms with van der Waals surface area (Å²) in [6, 6.07) is 8.19. The maximum Gasteiger partial charge on any atom is 0.319 e. The highest BCUT2D eigenvalue weighted by molar-refractivity contribution is 5.89. The van der Waals surface area contributed by atoms with Gasteiger partial charge in [-0.25, -0.2) is 4.79 Å². The molecule has 0 spiro atoms. The third kappa shape index (κ3) is 5.43. The van der Waals surface area contributed by atoms with Crippen molar-refractivity contribution in [3.63, 3.8) is 0 Å². The molecule has 1 saturated heterocycles. The van der Waals surface area contributed by atoms with Gasteiger partial charge in [0.25, 0.3) is 0 Å². The lowest BCUT2D eigenvalue weighted by Crippen LogP contribution is -2.46. The third-order valence-electron chi connectivity index (χ3n) is 4.39. The Morgan fingerprint density at radius 3 is 2.35 bits per heavy atom. The van der Waals surface area contributed by atoms with E-state index in [2.05, 4.69) is 46.4 Å². The zero-order valence-electron chi connectivity index (χ0n) is 14.6. The number of urea groups is 1. The second kappa shape index (κ2) is 8.77. The molecule has 0 bridgehead atoms. The number of nitrogens with one attached hydrogen (secondary N) is 2. The molecule has 1 aliphatic rings. The minimum absolute atomic E-state index is 0.139. The van der Waals surface area contributed by atoms with E-state index in [9.17, 15) is 4.79 Å². The van der Waals surface area contributed by atoms with Crippen LogP contribution in [0.3, 0.4) is 0 Å². The summed E-state index contributed by atoms with van der Waals surface area (Å²) in [7, 11) is 0. The van der Waals surface area contributed by atoms with E-state index < -0.39 is 0 Å². The molecule has 2 amide bonds. The summed E-state index contributed by atoms with van der Waals surface area (Å²) in [6.07, 6.45) is 2.15. The molecule has 1 fully saturated rings. The van der Waals surface area contributed by atoms with Crippen molar-refractivity contribution in [3.8, 4) is 0 Å². The zero-order valence-corrected chi connectivity index (χ0v) is 14.6. The largest absolute Gasteiger partial charge is 0.369 e. The fourth-order valence-electron chi connectivity index (χ4n) is 2.79. The van der Waals surface area contributed by atoms with Crippen molar-refractivity contribution in [1.82, 2.24) is 10.2 Å². The molecule has 128 valence electrons. The molecule has 2 rings (SSSR count). The molecule has 0 aromatic heterocycles. The molecule has 0 radical (unpaired) electrons. The highest BCUT2D eigenvalue weighted by atomic mass is 16.2. The van der Waals surface area contributed by atoms with Gasteiger partial charge in [0, 0.05) is 43.6 Å². The Bertz CT molecular complexity index is 480. The molecule has 2 N–H and O–H groups in total. The van der Waals surface area contributed by atoms with Crippen LogP contribution in [0.25, 0.3) is 0 Å². The summed E-state index contributed by atoms with van der Waals surface area (Å²) in [5.41, 5.74) is 2.06. The number of piperazine rings is 1. The first-order valence-corrected chi connectivity index (χ1v) is 8.77. The van der Waals surface area contributed by atoms with E-state index in [-0.39, 0.29) is 12.1 Å². The zero-order chi connectivity index (χ0) is 16.7. The predicted molar refractivity (Wildman–Crippen MR) is 97.3 cm³/mol. The van der Waals surface area contributed by atoms with Gasteiger partial charge in [-0.1, -0.05) is 13.8 Å². The maximum atomic E-state index is 11.8. The van der Waals surface area contributed by atoms with Crippen LogP contribution in [0.2, 0.25) is 0 Å². The topological polar surface area (TPSA) is 47.6 Å². The Morgan fingerprint density at radius 2 is 1.78 bits per heavy atom. The van der Waals surface area contributed by atoms with Crippen molar-refractivity contribution in [2.45, 2.75) is 39.7 Å². The van der Waals surface area contributed by atoms with Gasteiger partial charge in [0.2, 0.25) is 0 Å². The van der Waals surface area contributed by atoms with Crippen LogP contribution >= 0.6 is 0 Å². The molecule has 1 atom stereocenters. The number of hydrogen-bond acceptors (Lipinski definition) is 3. The molecular weight excluding hydrogens is 288 g/mol. The smallest absolute Gasteiger partial charge is 0.319 e. The number of anilines is 2. The van der Waals surface area contributed by atoms with Crippen LogP contribution in [0, 0.1) is 0 Å². The average molecular weight is 318 g/mol. The van der Waals surface area contributed by atoms with Gasteiger partial charge < -0.3 is 15.5 Å². The Kier molecular flexibility index (Phi) is 6.71. The second-order valence-corrected chi connectivity index (χ2v) is 6.28. The standard InChI is InChI=1S/C18H30N4O/c1-4-10-21-11-13-22(14-12-21)17-8-6-16(7-9-17)20-18(23)19-15(3)5-2/h6-9,15H,4-5,10-14H2,1-3H3,(H2,19,20,23). The van der Waals surface area contributed by atoms with E-state index in [1.807, 2.05) is 19.1 Å². The molecule has 5 nitrogen and oxygen atoms in total. The number of carbonyl (C=O) groups is 1. The SMILES string of the molecule is CCCN1CCN(c2ccc(NC(=O)NC(C)CC)cc2)CC1. The molecule has 0 saturated carbocycles. The molecule has 1 aliphatic heterocycles. The van der Waals surface area contributed by atoms with Crippen molar-refractivity contribution in [2.24, 2.45) is 0 Å². The van der Waals surface area contributed by atoms with Gasteiger partial charge >= 0.3 is 6.03 Å². The summed E-state index contributed by atoms with van der Waals surface area (Å²) in [4.78, 5) is 16.8. The first-order valence-electron chi connectivity index (χ1n) is 8.77. The maximum absolute atomic E-state index is 11.8. The van der Waals surface area contributed by atoms with Gasteiger partial charge in [0.15, 0.2) is 0 Å². The van der Waals surface area contributed by atoms with Crippen LogP contribution in [0.1, 0.15) is 33.6 Å². The summed E-state index contributed by atoms with van der Waals surface area (Å²) >= 11 is 0. The Hall–Kier alpha value is -1.75. The molecular formula is C18H30N4O. The number of amides is 2. The summed E-state index contributed by atoms with van der Waals surface area (Å²) < 4.78 is 0. The number of nitrogens with zero attached hydrogens (tertiary/aromatic N) is 2. The molecule has 1 aromatic rings. The normalized spacial score (nSPS) is 16.9. The number of hydrogen-bond donors (Lipinski definition) is 2. The minimum Gasteiger partial charge on any atom is -0.369 e. The van der Waals surface area contributed by atoms with Crippen molar-refractivity contribution in [1.29, 1.82) is 0 Å². The summed E-state index contributed by atoms with van der Waals surface area (Å²) in [5.74, 6) is 0. The molecule has 0 aliphatic carbocycles. The number of carbonyl (C=O) groups excluding carboxylic acids is 1. The summed E-state index contributed by atoms with van der Waals surface area (Å²) in [6.45, 7) is 11.9. The minimum atomic E-state index is -0.139. The van der Waals surface area contributed by atoms with E-state index in [0.717, 1.165) is 38.3 Å². The van der Waals surface area contributed by atoms with Gasteiger partial charge in [-0.3, -0.25) is 4.90 Å². The number of rotatable bonds is 6. The Balaban J connectivity index is 1.84. The Morgan fingerprint density at radius 1 is 1.13 bits per heavy atom. The lowest BCUT2D eigenvalue weighted by molar-refractivity contribution is 0.249. The van der Waals surface area contributed by atoms with Crippen molar-refractivity contribution >= 4 is 17.4 Å². The lowest BCUT2D eigenvalue weighted by Gasteiger charge is -2.36. The van der Waals surface area contributed by atoms with Crippen LogP contribution < -0.4 is 15.5 Å². The van der Waals surface area contributed by atoms with Gasteiger partial charge in [-0.05, 0) is 50.6 Å². The van der Waals surface area contributed by atoms with E-state index in [1.54, 1.807) is 0 Å². The first-order chi connectivity index (χ1) is 11.1. The van der Waals surface area contributed by atoms with Crippen LogP contribution in [-0.4, -0.2) is 49.7 Å². The lowest BCUT2D eigenvalue weighted by atomic mass is 10.2. The van der Waals surface area contributed by atoms with Crippen molar-refractivity contribution in [3.05, 3.63) is 24.3 Å². The second-order valence-electron chi connectivity index (χ2n) is 6.28. The van der Waals surface area contributed by atoms with Crippen LogP contribution in [0.15, 0.2) is 24.3 Å². The van der Waals surface area contributed by atoms with Crippen LogP contribution in [0.4, 0.5) is 16.2 Å². The monoisotopic (exact) mass is 318 g/mol. The Labute approximate surface area is 140 Å². The van der Waals surface area contributed by atoms with E-state index in [0.29, 0.717) is 0 Å².